The summed E-state index contributed by atoms with van der Waals surface area (Å²) in [6, 6.07) is -0.255. The maximum absolute atomic E-state index is 12.1. The summed E-state index contributed by atoms with van der Waals surface area (Å²) in [5, 5.41) is 0. The molecule has 0 aliphatic carbocycles. The number of ether oxygens (including phenoxy) is 2. The van der Waals surface area contributed by atoms with E-state index in [2.05, 4.69) is 0 Å². The second-order valence-corrected chi connectivity index (χ2v) is 6.58. The molecule has 1 aliphatic rings. The third kappa shape index (κ3) is 4.71. The van der Waals surface area contributed by atoms with E-state index in [1.165, 1.54) is 4.31 Å². The standard InChI is InChI=1S/C10H20ClNO4S/c1-9(2)16-5-6-17(13,14)12-3-4-15-8-10(12)7-11/h9-10H,3-8H2,1-2H3. The minimum absolute atomic E-state index is 0.00142. The number of hydrogen-bond acceptors (Lipinski definition) is 4. The Morgan fingerprint density at radius 2 is 2.24 bits per heavy atom. The lowest BCUT2D eigenvalue weighted by molar-refractivity contribution is 0.0394. The van der Waals surface area contributed by atoms with Gasteiger partial charge in [-0.15, -0.1) is 11.6 Å². The summed E-state index contributed by atoms with van der Waals surface area (Å²) in [4.78, 5) is 0. The van der Waals surface area contributed by atoms with Crippen LogP contribution in [0.15, 0.2) is 0 Å². The lowest BCUT2D eigenvalue weighted by atomic mass is 10.3. The molecule has 1 aliphatic heterocycles. The zero-order valence-electron chi connectivity index (χ0n) is 10.3. The molecular weight excluding hydrogens is 266 g/mol. The molecule has 0 aromatic heterocycles. The molecule has 0 aromatic rings. The molecule has 17 heavy (non-hydrogen) atoms. The largest absolute Gasteiger partial charge is 0.378 e. The topological polar surface area (TPSA) is 55.8 Å². The quantitative estimate of drug-likeness (QED) is 0.674. The van der Waals surface area contributed by atoms with Crippen LogP contribution in [-0.4, -0.2) is 62.9 Å². The van der Waals surface area contributed by atoms with Gasteiger partial charge in [-0.2, -0.15) is 4.31 Å². The van der Waals surface area contributed by atoms with Gasteiger partial charge in [-0.25, -0.2) is 8.42 Å². The van der Waals surface area contributed by atoms with Crippen LogP contribution in [0.5, 0.6) is 0 Å². The molecule has 0 bridgehead atoms. The fraction of sp³-hybridized carbons (Fsp3) is 1.00. The first-order valence-corrected chi connectivity index (χ1v) is 7.86. The molecular formula is C10H20ClNO4S. The Morgan fingerprint density at radius 3 is 2.82 bits per heavy atom. The minimum atomic E-state index is -3.30. The monoisotopic (exact) mass is 285 g/mol. The van der Waals surface area contributed by atoms with Gasteiger partial charge in [0.05, 0.1) is 37.7 Å². The predicted molar refractivity (Wildman–Crippen MR) is 66.9 cm³/mol. The van der Waals surface area contributed by atoms with E-state index in [-0.39, 0.29) is 30.4 Å². The van der Waals surface area contributed by atoms with Crippen LogP contribution in [0.25, 0.3) is 0 Å². The fourth-order valence-electron chi connectivity index (χ4n) is 1.63. The van der Waals surface area contributed by atoms with E-state index in [9.17, 15) is 8.42 Å². The number of alkyl halides is 1. The van der Waals surface area contributed by atoms with E-state index in [4.69, 9.17) is 21.1 Å². The fourth-order valence-corrected chi connectivity index (χ4v) is 3.45. The summed E-state index contributed by atoms with van der Waals surface area (Å²) in [6.07, 6.45) is 0.0405. The average Bonchev–Trinajstić information content (AvgIpc) is 2.28. The van der Waals surface area contributed by atoms with Gasteiger partial charge in [-0.05, 0) is 13.8 Å². The predicted octanol–water partition coefficient (Wildman–Crippen LogP) is 0.681. The average molecular weight is 286 g/mol. The molecule has 7 heteroatoms. The van der Waals surface area contributed by atoms with Gasteiger partial charge < -0.3 is 9.47 Å². The van der Waals surface area contributed by atoms with Crippen LogP contribution < -0.4 is 0 Å². The van der Waals surface area contributed by atoms with Crippen molar-refractivity contribution < 1.29 is 17.9 Å². The van der Waals surface area contributed by atoms with Crippen molar-refractivity contribution in [2.45, 2.75) is 26.0 Å². The number of halogens is 1. The van der Waals surface area contributed by atoms with Gasteiger partial charge in [0.1, 0.15) is 0 Å². The van der Waals surface area contributed by atoms with Gasteiger partial charge in [-0.3, -0.25) is 0 Å². The van der Waals surface area contributed by atoms with Crippen molar-refractivity contribution in [1.29, 1.82) is 0 Å². The van der Waals surface area contributed by atoms with Gasteiger partial charge in [0, 0.05) is 12.4 Å². The van der Waals surface area contributed by atoms with E-state index in [0.717, 1.165) is 0 Å². The molecule has 0 spiro atoms. The van der Waals surface area contributed by atoms with Gasteiger partial charge in [0.25, 0.3) is 0 Å². The molecule has 0 saturated carbocycles. The molecule has 1 fully saturated rings. The molecule has 5 nitrogen and oxygen atoms in total. The highest BCUT2D eigenvalue weighted by Gasteiger charge is 2.31. The van der Waals surface area contributed by atoms with Gasteiger partial charge in [-0.1, -0.05) is 0 Å². The van der Waals surface area contributed by atoms with Crippen molar-refractivity contribution in [1.82, 2.24) is 4.31 Å². The molecule has 0 radical (unpaired) electrons. The van der Waals surface area contributed by atoms with Crippen LogP contribution in [0.2, 0.25) is 0 Å². The Kier molecular flexibility index (Phi) is 6.16. The van der Waals surface area contributed by atoms with Gasteiger partial charge in [0.15, 0.2) is 0 Å². The van der Waals surface area contributed by atoms with Crippen molar-refractivity contribution in [2.24, 2.45) is 0 Å². The number of rotatable bonds is 6. The van der Waals surface area contributed by atoms with E-state index in [1.807, 2.05) is 13.8 Å². The highest BCUT2D eigenvalue weighted by molar-refractivity contribution is 7.89. The first kappa shape index (κ1) is 15.2. The maximum atomic E-state index is 12.1. The van der Waals surface area contributed by atoms with Crippen LogP contribution in [-0.2, 0) is 19.5 Å². The normalized spacial score (nSPS) is 23.2. The molecule has 102 valence electrons. The summed E-state index contributed by atoms with van der Waals surface area (Å²) in [6.45, 7) is 5.14. The van der Waals surface area contributed by atoms with Crippen LogP contribution in [0.4, 0.5) is 0 Å². The van der Waals surface area contributed by atoms with E-state index < -0.39 is 10.0 Å². The summed E-state index contributed by atoms with van der Waals surface area (Å²) < 4.78 is 36.1. The van der Waals surface area contributed by atoms with E-state index in [1.54, 1.807) is 0 Å². The van der Waals surface area contributed by atoms with E-state index >= 15 is 0 Å². The molecule has 1 rings (SSSR count). The molecule has 1 unspecified atom stereocenters. The highest BCUT2D eigenvalue weighted by atomic mass is 35.5. The SMILES string of the molecule is CC(C)OCCS(=O)(=O)N1CCOCC1CCl. The third-order valence-corrected chi connectivity index (χ3v) is 4.74. The smallest absolute Gasteiger partial charge is 0.216 e. The van der Waals surface area contributed by atoms with Crippen molar-refractivity contribution in [3.63, 3.8) is 0 Å². The lowest BCUT2D eigenvalue weighted by Crippen LogP contribution is -2.50. The number of hydrogen-bond donors (Lipinski definition) is 0. The second-order valence-electron chi connectivity index (χ2n) is 4.23. The summed E-state index contributed by atoms with van der Waals surface area (Å²) in [5.41, 5.74) is 0. The van der Waals surface area contributed by atoms with Crippen molar-refractivity contribution in [2.75, 3.05) is 38.0 Å². The lowest BCUT2D eigenvalue weighted by Gasteiger charge is -2.33. The number of morpholine rings is 1. The van der Waals surface area contributed by atoms with Crippen molar-refractivity contribution >= 4 is 21.6 Å². The minimum Gasteiger partial charge on any atom is -0.378 e. The first-order valence-electron chi connectivity index (χ1n) is 5.72. The van der Waals surface area contributed by atoms with Crippen LogP contribution in [0, 0.1) is 0 Å². The Bertz CT molecular complexity index is 320. The summed E-state index contributed by atoms with van der Waals surface area (Å²) in [5.74, 6) is 0.253. The summed E-state index contributed by atoms with van der Waals surface area (Å²) >= 11 is 5.75. The molecule has 1 saturated heterocycles. The van der Waals surface area contributed by atoms with Gasteiger partial charge in [0.2, 0.25) is 10.0 Å². The van der Waals surface area contributed by atoms with Gasteiger partial charge >= 0.3 is 0 Å². The highest BCUT2D eigenvalue weighted by Crippen LogP contribution is 2.14. The zero-order valence-corrected chi connectivity index (χ0v) is 11.8. The molecule has 0 aromatic carbocycles. The van der Waals surface area contributed by atoms with Crippen molar-refractivity contribution in [3.8, 4) is 0 Å². The molecule has 1 atom stereocenters. The molecule has 0 N–H and O–H groups in total. The van der Waals surface area contributed by atoms with Crippen LogP contribution in [0.1, 0.15) is 13.8 Å². The van der Waals surface area contributed by atoms with Crippen LogP contribution >= 0.6 is 11.6 Å². The second kappa shape index (κ2) is 6.89. The Hall–Kier alpha value is 0.120. The first-order chi connectivity index (χ1) is 7.97. The third-order valence-electron chi connectivity index (χ3n) is 2.50. The Labute approximate surface area is 108 Å². The molecule has 1 heterocycles. The Morgan fingerprint density at radius 1 is 1.53 bits per heavy atom. The number of sulfonamides is 1. The molecule has 0 amide bonds. The Balaban J connectivity index is 2.55. The number of nitrogens with zero attached hydrogens (tertiary/aromatic N) is 1. The maximum Gasteiger partial charge on any atom is 0.216 e. The van der Waals surface area contributed by atoms with Crippen molar-refractivity contribution in [3.05, 3.63) is 0 Å². The zero-order chi connectivity index (χ0) is 12.9. The van der Waals surface area contributed by atoms with E-state index in [0.29, 0.717) is 19.8 Å². The summed E-state index contributed by atoms with van der Waals surface area (Å²) in [7, 11) is -3.30. The van der Waals surface area contributed by atoms with Crippen LogP contribution in [0.3, 0.4) is 0 Å².